The van der Waals surface area contributed by atoms with Crippen LogP contribution in [-0.4, -0.2) is 35.4 Å². The van der Waals surface area contributed by atoms with Crippen molar-refractivity contribution in [1.29, 1.82) is 0 Å². The standard InChI is InChI=1S/C12H16N4O3S.ClH/c13-20(17,18)9-12(4-1-5-12)8-19-11-3-2-10-14-6-7-16(10)15-11;/h2-3,6-7H,1,4-5,8-9H2,(H2,13,17,18);1H. The van der Waals surface area contributed by atoms with Crippen molar-refractivity contribution in [1.82, 2.24) is 14.6 Å². The lowest BCUT2D eigenvalue weighted by atomic mass is 9.71. The second-order valence-corrected chi connectivity index (χ2v) is 6.97. The summed E-state index contributed by atoms with van der Waals surface area (Å²) in [5.74, 6) is 0.420. The Labute approximate surface area is 129 Å². The minimum atomic E-state index is -3.49. The third kappa shape index (κ3) is 3.63. The van der Waals surface area contributed by atoms with E-state index in [1.165, 1.54) is 0 Å². The maximum Gasteiger partial charge on any atom is 0.231 e. The fourth-order valence-electron chi connectivity index (χ4n) is 2.54. The molecule has 0 bridgehead atoms. The van der Waals surface area contributed by atoms with E-state index in [1.54, 1.807) is 29.0 Å². The lowest BCUT2D eigenvalue weighted by Gasteiger charge is -2.40. The molecule has 3 rings (SSSR count). The van der Waals surface area contributed by atoms with Gasteiger partial charge in [0.1, 0.15) is 0 Å². The van der Waals surface area contributed by atoms with Gasteiger partial charge in [0, 0.05) is 23.9 Å². The van der Waals surface area contributed by atoms with E-state index in [4.69, 9.17) is 9.88 Å². The van der Waals surface area contributed by atoms with Gasteiger partial charge in [0.15, 0.2) is 5.65 Å². The molecule has 0 unspecified atom stereocenters. The Morgan fingerprint density at radius 3 is 2.76 bits per heavy atom. The van der Waals surface area contributed by atoms with Crippen LogP contribution in [0, 0.1) is 5.41 Å². The van der Waals surface area contributed by atoms with Gasteiger partial charge in [0.25, 0.3) is 0 Å². The first-order valence-electron chi connectivity index (χ1n) is 6.40. The summed E-state index contributed by atoms with van der Waals surface area (Å²) in [5, 5.41) is 9.39. The van der Waals surface area contributed by atoms with Crippen molar-refractivity contribution in [3.05, 3.63) is 24.5 Å². The van der Waals surface area contributed by atoms with Crippen molar-refractivity contribution < 1.29 is 13.2 Å². The van der Waals surface area contributed by atoms with Gasteiger partial charge in [0.2, 0.25) is 15.9 Å². The summed E-state index contributed by atoms with van der Waals surface area (Å²) < 4.78 is 29.8. The molecule has 2 N–H and O–H groups in total. The largest absolute Gasteiger partial charge is 0.476 e. The molecule has 1 aliphatic carbocycles. The average molecular weight is 333 g/mol. The van der Waals surface area contributed by atoms with E-state index in [-0.39, 0.29) is 23.6 Å². The van der Waals surface area contributed by atoms with Crippen molar-refractivity contribution in [3.8, 4) is 5.88 Å². The van der Waals surface area contributed by atoms with Gasteiger partial charge in [-0.05, 0) is 18.9 Å². The lowest BCUT2D eigenvalue weighted by molar-refractivity contribution is 0.0772. The third-order valence-electron chi connectivity index (χ3n) is 3.68. The molecular formula is C12H17ClN4O3S. The number of ether oxygens (including phenoxy) is 1. The Bertz CT molecular complexity index is 727. The molecule has 0 aromatic carbocycles. The van der Waals surface area contributed by atoms with E-state index < -0.39 is 10.0 Å². The molecule has 0 saturated heterocycles. The summed E-state index contributed by atoms with van der Waals surface area (Å²) in [6, 6.07) is 3.53. The van der Waals surface area contributed by atoms with Crippen LogP contribution >= 0.6 is 12.4 Å². The predicted molar refractivity (Wildman–Crippen MR) is 80.0 cm³/mol. The first-order chi connectivity index (χ1) is 9.46. The second kappa shape index (κ2) is 5.78. The number of hydrogen-bond acceptors (Lipinski definition) is 5. The fourth-order valence-corrected chi connectivity index (χ4v) is 3.76. The molecule has 7 nitrogen and oxygen atoms in total. The van der Waals surface area contributed by atoms with Crippen molar-refractivity contribution in [2.24, 2.45) is 10.6 Å². The highest BCUT2D eigenvalue weighted by Gasteiger charge is 2.41. The molecule has 21 heavy (non-hydrogen) atoms. The highest BCUT2D eigenvalue weighted by Crippen LogP contribution is 2.42. The van der Waals surface area contributed by atoms with E-state index in [2.05, 4.69) is 10.1 Å². The zero-order chi connectivity index (χ0) is 14.2. The molecule has 0 atom stereocenters. The number of nitrogens with two attached hydrogens (primary N) is 1. The lowest BCUT2D eigenvalue weighted by Crippen LogP contribution is -2.43. The smallest absolute Gasteiger partial charge is 0.231 e. The second-order valence-electron chi connectivity index (χ2n) is 5.35. The molecule has 0 spiro atoms. The quantitative estimate of drug-likeness (QED) is 0.880. The third-order valence-corrected chi connectivity index (χ3v) is 4.69. The Hall–Kier alpha value is -1.38. The first kappa shape index (κ1) is 16.0. The molecule has 2 aromatic rings. The highest BCUT2D eigenvalue weighted by molar-refractivity contribution is 7.89. The average Bonchev–Trinajstić information content (AvgIpc) is 2.78. The summed E-state index contributed by atoms with van der Waals surface area (Å²) in [7, 11) is -3.49. The van der Waals surface area contributed by atoms with Crippen LogP contribution in [-0.2, 0) is 10.0 Å². The van der Waals surface area contributed by atoms with Gasteiger partial charge in [-0.3, -0.25) is 0 Å². The molecule has 0 amide bonds. The Kier molecular flexibility index (Phi) is 4.40. The molecule has 116 valence electrons. The Balaban J connectivity index is 0.00000161. The van der Waals surface area contributed by atoms with Crippen molar-refractivity contribution in [2.45, 2.75) is 19.3 Å². The summed E-state index contributed by atoms with van der Waals surface area (Å²) in [6.45, 7) is 0.316. The minimum Gasteiger partial charge on any atom is -0.476 e. The van der Waals surface area contributed by atoms with E-state index >= 15 is 0 Å². The number of rotatable bonds is 5. The van der Waals surface area contributed by atoms with Crippen molar-refractivity contribution >= 4 is 28.1 Å². The van der Waals surface area contributed by atoms with Gasteiger partial charge >= 0.3 is 0 Å². The highest BCUT2D eigenvalue weighted by atomic mass is 35.5. The molecule has 2 aromatic heterocycles. The fraction of sp³-hybridized carbons (Fsp3) is 0.500. The number of aromatic nitrogens is 3. The maximum atomic E-state index is 11.3. The number of imidazole rings is 1. The number of nitrogens with zero attached hydrogens (tertiary/aromatic N) is 3. The number of sulfonamides is 1. The maximum absolute atomic E-state index is 11.3. The predicted octanol–water partition coefficient (Wildman–Crippen LogP) is 0.989. The number of hydrogen-bond donors (Lipinski definition) is 1. The van der Waals surface area contributed by atoms with Crippen molar-refractivity contribution in [3.63, 3.8) is 0 Å². The van der Waals surface area contributed by atoms with Crippen LogP contribution in [0.15, 0.2) is 24.5 Å². The molecule has 0 aliphatic heterocycles. The van der Waals surface area contributed by atoms with E-state index in [0.29, 0.717) is 12.5 Å². The molecule has 1 saturated carbocycles. The summed E-state index contributed by atoms with van der Waals surface area (Å²) >= 11 is 0. The van der Waals surface area contributed by atoms with Gasteiger partial charge in [-0.1, -0.05) is 6.42 Å². The van der Waals surface area contributed by atoms with Gasteiger partial charge in [-0.25, -0.2) is 23.1 Å². The Morgan fingerprint density at radius 1 is 1.38 bits per heavy atom. The van der Waals surface area contributed by atoms with Gasteiger partial charge in [0.05, 0.1) is 12.4 Å². The van der Waals surface area contributed by atoms with Crippen LogP contribution in [0.5, 0.6) is 5.88 Å². The first-order valence-corrected chi connectivity index (χ1v) is 8.11. The summed E-state index contributed by atoms with van der Waals surface area (Å²) in [4.78, 5) is 4.09. The molecule has 1 fully saturated rings. The van der Waals surface area contributed by atoms with Crippen LogP contribution < -0.4 is 9.88 Å². The molecule has 1 aliphatic rings. The topological polar surface area (TPSA) is 99.6 Å². The van der Waals surface area contributed by atoms with E-state index in [1.807, 2.05) is 0 Å². The molecule has 2 heterocycles. The van der Waals surface area contributed by atoms with Crippen LogP contribution in [0.4, 0.5) is 0 Å². The molecule has 0 radical (unpaired) electrons. The van der Waals surface area contributed by atoms with Crippen LogP contribution in [0.25, 0.3) is 5.65 Å². The van der Waals surface area contributed by atoms with Crippen LogP contribution in [0.3, 0.4) is 0 Å². The van der Waals surface area contributed by atoms with Crippen LogP contribution in [0.1, 0.15) is 19.3 Å². The SMILES string of the molecule is Cl.NS(=O)(=O)CC1(COc2ccc3nccn3n2)CCC1. The monoisotopic (exact) mass is 332 g/mol. The molecule has 9 heteroatoms. The number of primary sulfonamides is 1. The number of halogens is 1. The summed E-state index contributed by atoms with van der Waals surface area (Å²) in [6.07, 6.45) is 6.02. The van der Waals surface area contributed by atoms with Crippen LogP contribution in [0.2, 0.25) is 0 Å². The zero-order valence-corrected chi connectivity index (χ0v) is 12.9. The number of fused-ring (bicyclic) bond motifs is 1. The Morgan fingerprint density at radius 2 is 2.14 bits per heavy atom. The van der Waals surface area contributed by atoms with E-state index in [0.717, 1.165) is 24.9 Å². The van der Waals surface area contributed by atoms with E-state index in [9.17, 15) is 8.42 Å². The summed E-state index contributed by atoms with van der Waals surface area (Å²) in [5.41, 5.74) is 0.374. The van der Waals surface area contributed by atoms with Gasteiger partial charge in [-0.15, -0.1) is 17.5 Å². The normalized spacial score (nSPS) is 17.0. The minimum absolute atomic E-state index is 0. The van der Waals surface area contributed by atoms with Gasteiger partial charge in [-0.2, -0.15) is 0 Å². The van der Waals surface area contributed by atoms with Crippen molar-refractivity contribution in [2.75, 3.05) is 12.4 Å². The zero-order valence-electron chi connectivity index (χ0n) is 11.3. The van der Waals surface area contributed by atoms with Gasteiger partial charge < -0.3 is 4.74 Å². The molecular weight excluding hydrogens is 316 g/mol.